The van der Waals surface area contributed by atoms with Gasteiger partial charge >= 0.3 is 0 Å². The Bertz CT molecular complexity index is 813. The number of morpholine rings is 1. The molecular formula is C20H27N3O4S. The van der Waals surface area contributed by atoms with Gasteiger partial charge in [0.1, 0.15) is 11.5 Å². The summed E-state index contributed by atoms with van der Waals surface area (Å²) in [4.78, 5) is 18.8. The largest absolute Gasteiger partial charge is 0.441 e. The Morgan fingerprint density at radius 2 is 1.93 bits per heavy atom. The second kappa shape index (κ2) is 9.95. The summed E-state index contributed by atoms with van der Waals surface area (Å²) >= 11 is 0. The van der Waals surface area contributed by atoms with Gasteiger partial charge in [-0.2, -0.15) is 0 Å². The summed E-state index contributed by atoms with van der Waals surface area (Å²) in [6, 6.07) is 7.88. The molecule has 0 bridgehead atoms. The van der Waals surface area contributed by atoms with Crippen molar-refractivity contribution in [1.82, 2.24) is 15.2 Å². The van der Waals surface area contributed by atoms with E-state index in [1.54, 1.807) is 6.92 Å². The minimum atomic E-state index is -1.33. The van der Waals surface area contributed by atoms with E-state index in [4.69, 9.17) is 9.15 Å². The molecule has 1 aromatic carbocycles. The highest BCUT2D eigenvalue weighted by molar-refractivity contribution is 7.84. The van der Waals surface area contributed by atoms with Crippen LogP contribution in [0.25, 0.3) is 11.5 Å². The molecule has 0 radical (unpaired) electrons. The molecule has 0 saturated carbocycles. The average Bonchev–Trinajstić information content (AvgIpc) is 3.03. The van der Waals surface area contributed by atoms with E-state index in [2.05, 4.69) is 15.2 Å². The topological polar surface area (TPSA) is 84.7 Å². The van der Waals surface area contributed by atoms with Crippen molar-refractivity contribution in [3.05, 3.63) is 41.3 Å². The van der Waals surface area contributed by atoms with Gasteiger partial charge in [0.2, 0.25) is 11.8 Å². The fraction of sp³-hybridized carbons (Fsp3) is 0.500. The molecule has 0 aliphatic carbocycles. The van der Waals surface area contributed by atoms with Crippen molar-refractivity contribution in [1.29, 1.82) is 0 Å². The van der Waals surface area contributed by atoms with Crippen LogP contribution in [0.2, 0.25) is 0 Å². The maximum Gasteiger partial charge on any atom is 0.232 e. The number of carbonyl (C=O) groups is 1. The molecule has 3 rings (SSSR count). The first-order valence-corrected chi connectivity index (χ1v) is 10.9. The zero-order chi connectivity index (χ0) is 19.9. The first-order valence-electron chi connectivity index (χ1n) is 9.46. The molecule has 1 amide bonds. The summed E-state index contributed by atoms with van der Waals surface area (Å²) in [5.74, 6) is 1.12. The second-order valence-electron chi connectivity index (χ2n) is 6.92. The Labute approximate surface area is 167 Å². The monoisotopic (exact) mass is 405 g/mol. The van der Waals surface area contributed by atoms with Crippen LogP contribution in [0.3, 0.4) is 0 Å². The number of aromatic nitrogens is 1. The number of nitrogens with one attached hydrogen (secondary N) is 1. The van der Waals surface area contributed by atoms with E-state index in [9.17, 15) is 9.00 Å². The third-order valence-electron chi connectivity index (χ3n) is 4.63. The quantitative estimate of drug-likeness (QED) is 0.719. The van der Waals surface area contributed by atoms with E-state index < -0.39 is 10.8 Å². The lowest BCUT2D eigenvalue weighted by Crippen LogP contribution is -2.42. The van der Waals surface area contributed by atoms with Crippen molar-refractivity contribution in [2.45, 2.75) is 19.6 Å². The van der Waals surface area contributed by atoms with Gasteiger partial charge in [-0.3, -0.25) is 13.9 Å². The van der Waals surface area contributed by atoms with Gasteiger partial charge in [0.15, 0.2) is 0 Å². The van der Waals surface area contributed by atoms with Crippen LogP contribution in [-0.2, 0) is 26.1 Å². The highest BCUT2D eigenvalue weighted by Crippen LogP contribution is 2.22. The molecule has 7 nitrogen and oxygen atoms in total. The number of rotatable bonds is 8. The number of hydrogen-bond acceptors (Lipinski definition) is 6. The van der Waals surface area contributed by atoms with Crippen LogP contribution >= 0.6 is 0 Å². The first kappa shape index (κ1) is 20.7. The van der Waals surface area contributed by atoms with E-state index in [-0.39, 0.29) is 17.4 Å². The van der Waals surface area contributed by atoms with Gasteiger partial charge in [-0.25, -0.2) is 4.98 Å². The molecule has 0 unspecified atom stereocenters. The van der Waals surface area contributed by atoms with Gasteiger partial charge in [-0.05, 0) is 26.0 Å². The second-order valence-corrected chi connectivity index (χ2v) is 8.38. The van der Waals surface area contributed by atoms with Crippen LogP contribution in [0.4, 0.5) is 0 Å². The number of hydrogen-bond donors (Lipinski definition) is 1. The summed E-state index contributed by atoms with van der Waals surface area (Å²) in [5.41, 5.74) is 2.68. The molecule has 1 atom stereocenters. The molecule has 1 fully saturated rings. The minimum Gasteiger partial charge on any atom is -0.441 e. The summed E-state index contributed by atoms with van der Waals surface area (Å²) in [5, 5.41) is 2.84. The first-order chi connectivity index (χ1) is 13.5. The maximum absolute atomic E-state index is 12.4. The molecule has 28 heavy (non-hydrogen) atoms. The Morgan fingerprint density at radius 3 is 2.64 bits per heavy atom. The van der Waals surface area contributed by atoms with E-state index >= 15 is 0 Å². The Balaban J connectivity index is 1.46. The number of nitrogens with zero attached hydrogens (tertiary/aromatic N) is 2. The molecule has 1 aromatic heterocycles. The van der Waals surface area contributed by atoms with Crippen LogP contribution in [0.5, 0.6) is 0 Å². The molecule has 2 aromatic rings. The van der Waals surface area contributed by atoms with Crippen LogP contribution in [-0.4, -0.2) is 65.1 Å². The van der Waals surface area contributed by atoms with Crippen LogP contribution in [0, 0.1) is 13.8 Å². The van der Waals surface area contributed by atoms with Gasteiger partial charge in [0, 0.05) is 42.5 Å². The van der Waals surface area contributed by atoms with Crippen molar-refractivity contribution < 1.29 is 18.2 Å². The number of oxazole rings is 1. The Hall–Kier alpha value is -2.03. The van der Waals surface area contributed by atoms with Crippen molar-refractivity contribution >= 4 is 16.7 Å². The van der Waals surface area contributed by atoms with Crippen molar-refractivity contribution in [3.8, 4) is 11.5 Å². The number of carbonyl (C=O) groups excluding carboxylic acids is 1. The van der Waals surface area contributed by atoms with Gasteiger partial charge in [-0.1, -0.05) is 17.7 Å². The van der Waals surface area contributed by atoms with Gasteiger partial charge in [0.25, 0.3) is 0 Å². The molecule has 1 saturated heterocycles. The normalized spacial score (nSPS) is 16.1. The zero-order valence-electron chi connectivity index (χ0n) is 16.4. The number of benzene rings is 1. The zero-order valence-corrected chi connectivity index (χ0v) is 17.2. The maximum atomic E-state index is 12.4. The van der Waals surface area contributed by atoms with E-state index in [1.807, 2.05) is 31.2 Å². The predicted molar refractivity (Wildman–Crippen MR) is 108 cm³/mol. The third-order valence-corrected chi connectivity index (χ3v) is 5.81. The molecule has 0 spiro atoms. The molecule has 1 N–H and O–H groups in total. The van der Waals surface area contributed by atoms with Gasteiger partial charge in [0.05, 0.1) is 24.7 Å². The molecule has 152 valence electrons. The lowest BCUT2D eigenvalue weighted by Gasteiger charge is -2.26. The summed E-state index contributed by atoms with van der Waals surface area (Å²) < 4.78 is 23.4. The molecule has 2 heterocycles. The highest BCUT2D eigenvalue weighted by Gasteiger charge is 2.16. The van der Waals surface area contributed by atoms with Crippen LogP contribution < -0.4 is 5.32 Å². The SMILES string of the molecule is Cc1ccc(-c2nc(C[S@](=O)CC(=O)NCCN3CCOCC3)c(C)o2)cc1. The third kappa shape index (κ3) is 5.98. The Kier molecular flexibility index (Phi) is 7.36. The number of aryl methyl sites for hydroxylation is 2. The summed E-state index contributed by atoms with van der Waals surface area (Å²) in [6.07, 6.45) is 0. The van der Waals surface area contributed by atoms with E-state index in [1.165, 1.54) is 0 Å². The predicted octanol–water partition coefficient (Wildman–Crippen LogP) is 1.66. The molecule has 1 aliphatic rings. The average molecular weight is 406 g/mol. The fourth-order valence-electron chi connectivity index (χ4n) is 2.96. The van der Waals surface area contributed by atoms with Gasteiger partial charge < -0.3 is 14.5 Å². The number of amides is 1. The molecule has 1 aliphatic heterocycles. The van der Waals surface area contributed by atoms with Crippen molar-refractivity contribution in [2.24, 2.45) is 0 Å². The lowest BCUT2D eigenvalue weighted by molar-refractivity contribution is -0.118. The smallest absolute Gasteiger partial charge is 0.232 e. The fourth-order valence-corrected chi connectivity index (χ4v) is 4.03. The summed E-state index contributed by atoms with van der Waals surface area (Å²) in [6.45, 7) is 8.40. The standard InChI is InChI=1S/C20H27N3O4S/c1-15-3-5-17(6-4-15)20-22-18(16(2)27-20)13-28(25)14-19(24)21-7-8-23-9-11-26-12-10-23/h3-6H,7-14H2,1-2H3,(H,21,24)/t28-/m0/s1. The Morgan fingerprint density at radius 1 is 1.21 bits per heavy atom. The van der Waals surface area contributed by atoms with Crippen LogP contribution in [0.1, 0.15) is 17.0 Å². The molecular weight excluding hydrogens is 378 g/mol. The highest BCUT2D eigenvalue weighted by atomic mass is 32.2. The van der Waals surface area contributed by atoms with Gasteiger partial charge in [-0.15, -0.1) is 0 Å². The summed E-state index contributed by atoms with van der Waals surface area (Å²) in [7, 11) is -1.33. The minimum absolute atomic E-state index is 0.0325. The van der Waals surface area contributed by atoms with E-state index in [0.29, 0.717) is 23.9 Å². The van der Waals surface area contributed by atoms with Crippen molar-refractivity contribution in [3.63, 3.8) is 0 Å². The van der Waals surface area contributed by atoms with E-state index in [0.717, 1.165) is 44.0 Å². The van der Waals surface area contributed by atoms with Crippen LogP contribution in [0.15, 0.2) is 28.7 Å². The number of ether oxygens (including phenoxy) is 1. The van der Waals surface area contributed by atoms with Crippen molar-refractivity contribution in [2.75, 3.05) is 45.1 Å². The molecule has 8 heteroatoms. The lowest BCUT2D eigenvalue weighted by atomic mass is 10.1.